The third-order valence-electron chi connectivity index (χ3n) is 4.43. The summed E-state index contributed by atoms with van der Waals surface area (Å²) < 4.78 is 27.3. The maximum atomic E-state index is 12.9. The normalized spacial score (nSPS) is 15.7. The Morgan fingerprint density at radius 1 is 1.19 bits per heavy atom. The number of carboxylic acids is 1. The maximum absolute atomic E-state index is 12.9. The van der Waals surface area contributed by atoms with E-state index in [1.165, 1.54) is 28.8 Å². The Balaban J connectivity index is 1.75. The molecule has 1 aromatic heterocycles. The molecule has 1 fully saturated rings. The molecule has 1 N–H and O–H groups in total. The second-order valence-corrected chi connectivity index (χ2v) is 8.63. The third-order valence-corrected chi connectivity index (χ3v) is 6.52. The van der Waals surface area contributed by atoms with Crippen LogP contribution < -0.4 is 4.90 Å². The molecule has 27 heavy (non-hydrogen) atoms. The van der Waals surface area contributed by atoms with E-state index in [-0.39, 0.29) is 24.4 Å². The number of piperazine rings is 1. The first-order chi connectivity index (χ1) is 12.8. The fourth-order valence-corrected chi connectivity index (χ4v) is 4.48. The number of aryl methyl sites for hydroxylation is 1. The molecule has 2 heterocycles. The molecule has 0 aliphatic carbocycles. The van der Waals surface area contributed by atoms with Gasteiger partial charge in [-0.2, -0.15) is 4.31 Å². The number of halogens is 1. The molecule has 2 aromatic rings. The molecule has 10 heteroatoms. The highest BCUT2D eigenvalue weighted by molar-refractivity contribution is 7.89. The first-order valence-corrected chi connectivity index (χ1v) is 10.1. The fraction of sp³-hybridized carbons (Fsp3) is 0.353. The number of hydrogen-bond acceptors (Lipinski definition) is 6. The molecule has 0 bridgehead atoms. The van der Waals surface area contributed by atoms with Gasteiger partial charge in [-0.1, -0.05) is 17.7 Å². The third kappa shape index (κ3) is 4.37. The predicted molar refractivity (Wildman–Crippen MR) is 101 cm³/mol. The molecule has 1 saturated heterocycles. The number of hydrogen-bond donors (Lipinski definition) is 1. The van der Waals surface area contributed by atoms with Crippen LogP contribution in [0.4, 0.5) is 5.95 Å². The number of rotatable bonds is 5. The Morgan fingerprint density at radius 3 is 2.41 bits per heavy atom. The summed E-state index contributed by atoms with van der Waals surface area (Å²) in [5, 5.41) is 9.44. The van der Waals surface area contributed by atoms with Crippen LogP contribution in [0.15, 0.2) is 35.5 Å². The van der Waals surface area contributed by atoms with Crippen molar-refractivity contribution in [3.05, 3.63) is 46.7 Å². The van der Waals surface area contributed by atoms with Gasteiger partial charge in [0.25, 0.3) is 0 Å². The number of aromatic nitrogens is 2. The largest absolute Gasteiger partial charge is 0.481 e. The van der Waals surface area contributed by atoms with Crippen molar-refractivity contribution < 1.29 is 18.3 Å². The van der Waals surface area contributed by atoms with Gasteiger partial charge in [-0.25, -0.2) is 18.4 Å². The summed E-state index contributed by atoms with van der Waals surface area (Å²) in [5.74, 6) is -0.486. The molecule has 0 amide bonds. The lowest BCUT2D eigenvalue weighted by atomic mass is 10.1. The molecular formula is C17H19ClN4O4S. The highest BCUT2D eigenvalue weighted by Gasteiger charge is 2.29. The van der Waals surface area contributed by atoms with Crippen LogP contribution in [0, 0.1) is 6.92 Å². The minimum Gasteiger partial charge on any atom is -0.481 e. The van der Waals surface area contributed by atoms with Gasteiger partial charge in [0.15, 0.2) is 0 Å². The van der Waals surface area contributed by atoms with Gasteiger partial charge in [-0.15, -0.1) is 0 Å². The lowest BCUT2D eigenvalue weighted by molar-refractivity contribution is -0.136. The molecule has 0 atom stereocenters. The second-order valence-electron chi connectivity index (χ2n) is 6.25. The smallest absolute Gasteiger partial charge is 0.307 e. The van der Waals surface area contributed by atoms with Crippen LogP contribution in [0.1, 0.15) is 11.1 Å². The molecule has 0 saturated carbocycles. The van der Waals surface area contributed by atoms with E-state index >= 15 is 0 Å². The molecule has 1 aromatic carbocycles. The van der Waals surface area contributed by atoms with Crippen molar-refractivity contribution >= 4 is 33.5 Å². The monoisotopic (exact) mass is 410 g/mol. The van der Waals surface area contributed by atoms with Crippen LogP contribution in [0.5, 0.6) is 0 Å². The van der Waals surface area contributed by atoms with E-state index in [2.05, 4.69) is 9.97 Å². The summed E-state index contributed by atoms with van der Waals surface area (Å²) in [5.41, 5.74) is 1.25. The minimum atomic E-state index is -3.70. The van der Waals surface area contributed by atoms with E-state index in [1.54, 1.807) is 13.0 Å². The number of carbonyl (C=O) groups is 1. The Bertz CT molecular complexity index is 942. The maximum Gasteiger partial charge on any atom is 0.307 e. The Morgan fingerprint density at radius 2 is 1.81 bits per heavy atom. The molecule has 3 rings (SSSR count). The zero-order chi connectivity index (χ0) is 19.6. The van der Waals surface area contributed by atoms with Crippen LogP contribution in [-0.2, 0) is 21.2 Å². The van der Waals surface area contributed by atoms with E-state index in [0.29, 0.717) is 29.6 Å². The van der Waals surface area contributed by atoms with Crippen molar-refractivity contribution in [2.75, 3.05) is 31.1 Å². The van der Waals surface area contributed by atoms with Crippen molar-refractivity contribution in [1.29, 1.82) is 0 Å². The zero-order valence-corrected chi connectivity index (χ0v) is 16.2. The van der Waals surface area contributed by atoms with Crippen molar-refractivity contribution in [2.24, 2.45) is 0 Å². The van der Waals surface area contributed by atoms with Gasteiger partial charge in [0.05, 0.1) is 28.7 Å². The van der Waals surface area contributed by atoms with Gasteiger partial charge in [-0.3, -0.25) is 4.79 Å². The molecular weight excluding hydrogens is 392 g/mol. The summed E-state index contributed by atoms with van der Waals surface area (Å²) in [4.78, 5) is 21.3. The molecule has 0 radical (unpaired) electrons. The van der Waals surface area contributed by atoms with E-state index in [1.807, 2.05) is 4.90 Å². The summed E-state index contributed by atoms with van der Waals surface area (Å²) in [6, 6.07) is 4.61. The number of aliphatic carboxylic acids is 1. The Labute approximate surface area is 162 Å². The van der Waals surface area contributed by atoms with Gasteiger partial charge in [-0.05, 0) is 30.2 Å². The number of nitrogens with zero attached hydrogens (tertiary/aromatic N) is 4. The van der Waals surface area contributed by atoms with Gasteiger partial charge < -0.3 is 10.0 Å². The van der Waals surface area contributed by atoms with Crippen molar-refractivity contribution in [3.63, 3.8) is 0 Å². The van der Waals surface area contributed by atoms with Crippen LogP contribution in [0.25, 0.3) is 0 Å². The van der Waals surface area contributed by atoms with E-state index in [4.69, 9.17) is 16.7 Å². The zero-order valence-electron chi connectivity index (χ0n) is 14.7. The highest BCUT2D eigenvalue weighted by Crippen LogP contribution is 2.22. The first kappa shape index (κ1) is 19.5. The second kappa shape index (κ2) is 7.79. The molecule has 0 unspecified atom stereocenters. The van der Waals surface area contributed by atoms with Crippen LogP contribution in [0.2, 0.25) is 5.02 Å². The number of anilines is 1. The molecule has 0 spiro atoms. The van der Waals surface area contributed by atoms with E-state index < -0.39 is 16.0 Å². The van der Waals surface area contributed by atoms with Gasteiger partial charge in [0.2, 0.25) is 16.0 Å². The summed E-state index contributed by atoms with van der Waals surface area (Å²) >= 11 is 5.79. The number of sulfonamides is 1. The Hall–Kier alpha value is -2.23. The van der Waals surface area contributed by atoms with Crippen LogP contribution in [-0.4, -0.2) is 59.9 Å². The molecule has 8 nitrogen and oxygen atoms in total. The Kier molecular flexibility index (Phi) is 5.64. The average Bonchev–Trinajstić information content (AvgIpc) is 2.64. The van der Waals surface area contributed by atoms with Crippen molar-refractivity contribution in [2.45, 2.75) is 18.2 Å². The van der Waals surface area contributed by atoms with Gasteiger partial charge >= 0.3 is 5.97 Å². The molecule has 1 aliphatic heterocycles. The topological polar surface area (TPSA) is 104 Å². The SMILES string of the molecule is Cc1ccc(S(=O)(=O)N2CCN(c3ncc(Cl)cn3)CC2)cc1CC(=O)O. The first-order valence-electron chi connectivity index (χ1n) is 8.31. The van der Waals surface area contributed by atoms with Gasteiger partial charge in [0.1, 0.15) is 0 Å². The van der Waals surface area contributed by atoms with E-state index in [9.17, 15) is 13.2 Å². The number of carboxylic acid groups (broad SMARTS) is 1. The highest BCUT2D eigenvalue weighted by atomic mass is 35.5. The number of benzene rings is 1. The summed E-state index contributed by atoms with van der Waals surface area (Å²) in [7, 11) is -3.70. The lowest BCUT2D eigenvalue weighted by Crippen LogP contribution is -2.49. The minimum absolute atomic E-state index is 0.112. The lowest BCUT2D eigenvalue weighted by Gasteiger charge is -2.34. The summed E-state index contributed by atoms with van der Waals surface area (Å²) in [6.45, 7) is 3.25. The van der Waals surface area contributed by atoms with Crippen LogP contribution >= 0.6 is 11.6 Å². The van der Waals surface area contributed by atoms with Crippen molar-refractivity contribution in [1.82, 2.24) is 14.3 Å². The predicted octanol–water partition coefficient (Wildman–Crippen LogP) is 1.58. The van der Waals surface area contributed by atoms with Crippen LogP contribution in [0.3, 0.4) is 0 Å². The summed E-state index contributed by atoms with van der Waals surface area (Å²) in [6.07, 6.45) is 2.80. The standard InChI is InChI=1S/C17H19ClN4O4S/c1-12-2-3-15(8-13(12)9-16(23)24)27(25,26)22-6-4-21(5-7-22)17-19-10-14(18)11-20-17/h2-3,8,10-11H,4-7,9H2,1H3,(H,23,24). The van der Waals surface area contributed by atoms with E-state index in [0.717, 1.165) is 5.56 Å². The molecule has 1 aliphatic rings. The van der Waals surface area contributed by atoms with Gasteiger partial charge in [0, 0.05) is 26.2 Å². The quantitative estimate of drug-likeness (QED) is 0.797. The van der Waals surface area contributed by atoms with Crippen molar-refractivity contribution in [3.8, 4) is 0 Å². The molecule has 144 valence electrons. The average molecular weight is 411 g/mol. The fourth-order valence-electron chi connectivity index (χ4n) is 2.91.